The van der Waals surface area contributed by atoms with Crippen molar-refractivity contribution in [3.63, 3.8) is 0 Å². The van der Waals surface area contributed by atoms with Crippen LogP contribution in [-0.4, -0.2) is 18.3 Å². The lowest BCUT2D eigenvalue weighted by molar-refractivity contribution is 0.166. The van der Waals surface area contributed by atoms with E-state index in [1.807, 2.05) is 0 Å². The Balaban J connectivity index is 0. The van der Waals surface area contributed by atoms with Gasteiger partial charge in [-0.3, -0.25) is 0 Å². The third-order valence-corrected chi connectivity index (χ3v) is 0.470. The van der Waals surface area contributed by atoms with E-state index in [4.69, 9.17) is 5.11 Å². The third kappa shape index (κ3) is 16.0. The Labute approximate surface area is 66.8 Å². The van der Waals surface area contributed by atoms with Gasteiger partial charge >= 0.3 is 12.2 Å². The van der Waals surface area contributed by atoms with Crippen LogP contribution in [0.3, 0.4) is 0 Å². The molecule has 12 heavy (non-hydrogen) atoms. The van der Waals surface area contributed by atoms with E-state index in [1.165, 1.54) is 6.26 Å². The van der Waals surface area contributed by atoms with Crippen LogP contribution >= 0.6 is 0 Å². The van der Waals surface area contributed by atoms with Gasteiger partial charge in [0.1, 0.15) is 6.61 Å². The van der Waals surface area contributed by atoms with Crippen LogP contribution in [0.5, 0.6) is 0 Å². The molecule has 1 N–H and O–H groups in total. The Hall–Kier alpha value is -1.04. The Morgan fingerprint density at radius 1 is 1.25 bits per heavy atom. The topological polar surface area (TPSA) is 29.5 Å². The van der Waals surface area contributed by atoms with Crippen LogP contribution < -0.4 is 0 Å². The largest absolute Gasteiger partial charge is 0.499 e. The van der Waals surface area contributed by atoms with Gasteiger partial charge in [-0.2, -0.15) is 17.6 Å². The van der Waals surface area contributed by atoms with E-state index in [2.05, 4.69) is 11.3 Å². The lowest BCUT2D eigenvalue weighted by Crippen LogP contribution is -1.90. The fourth-order valence-electron chi connectivity index (χ4n) is 0.136. The summed E-state index contributed by atoms with van der Waals surface area (Å²) in [5.41, 5.74) is 0. The van der Waals surface area contributed by atoms with Gasteiger partial charge in [0.15, 0.2) is 0 Å². The highest BCUT2D eigenvalue weighted by molar-refractivity contribution is 4.77. The van der Waals surface area contributed by atoms with E-state index < -0.39 is 12.2 Å². The van der Waals surface area contributed by atoms with E-state index in [0.29, 0.717) is 6.61 Å². The minimum Gasteiger partial charge on any atom is -0.499 e. The summed E-state index contributed by atoms with van der Waals surface area (Å²) in [5, 5.41) is 8.02. The normalized spacial score (nSPS) is 7.75. The van der Waals surface area contributed by atoms with Gasteiger partial charge in [-0.05, 0) is 0 Å². The molecular weight excluding hydrogens is 180 g/mol. The van der Waals surface area contributed by atoms with Crippen molar-refractivity contribution in [2.45, 2.75) is 0 Å². The Kier molecular flexibility index (Phi) is 11.2. The van der Waals surface area contributed by atoms with Crippen LogP contribution in [0.15, 0.2) is 25.0 Å². The summed E-state index contributed by atoms with van der Waals surface area (Å²) in [6.07, 6.45) is -4.51. The van der Waals surface area contributed by atoms with Crippen molar-refractivity contribution in [2.75, 3.05) is 13.2 Å². The summed E-state index contributed by atoms with van der Waals surface area (Å²) < 4.78 is 45.6. The summed E-state index contributed by atoms with van der Waals surface area (Å²) in [5.74, 6) is 0. The van der Waals surface area contributed by atoms with Crippen LogP contribution in [0, 0.1) is 0 Å². The van der Waals surface area contributed by atoms with E-state index in [0.717, 1.165) is 0 Å². The molecule has 0 saturated carbocycles. The number of aliphatic hydroxyl groups is 1. The van der Waals surface area contributed by atoms with Crippen molar-refractivity contribution in [3.05, 3.63) is 25.0 Å². The molecule has 0 aromatic rings. The van der Waals surface area contributed by atoms with Crippen LogP contribution in [0.1, 0.15) is 0 Å². The van der Waals surface area contributed by atoms with E-state index >= 15 is 0 Å². The molecule has 0 aromatic carbocycles. The van der Waals surface area contributed by atoms with Crippen molar-refractivity contribution < 1.29 is 27.4 Å². The second-order valence-electron chi connectivity index (χ2n) is 1.28. The maximum Gasteiger partial charge on any atom is 0.334 e. The van der Waals surface area contributed by atoms with Crippen molar-refractivity contribution in [1.82, 2.24) is 0 Å². The fourth-order valence-corrected chi connectivity index (χ4v) is 0.136. The lowest BCUT2D eigenvalue weighted by atomic mass is 10.8. The van der Waals surface area contributed by atoms with E-state index in [1.54, 1.807) is 0 Å². The average molecular weight is 188 g/mol. The molecule has 0 rings (SSSR count). The average Bonchev–Trinajstić information content (AvgIpc) is 2.02. The monoisotopic (exact) mass is 188 g/mol. The molecule has 0 unspecified atom stereocenters. The Morgan fingerprint density at radius 2 is 1.67 bits per heavy atom. The molecule has 6 heteroatoms. The fraction of sp³-hybridized carbons (Fsp3) is 0.333. The Bertz CT molecular complexity index is 128. The highest BCUT2D eigenvalue weighted by Gasteiger charge is 1.98. The summed E-state index contributed by atoms with van der Waals surface area (Å²) in [4.78, 5) is 0. The molecule has 0 heterocycles. The molecule has 0 aromatic heterocycles. The van der Waals surface area contributed by atoms with Gasteiger partial charge in [-0.1, -0.05) is 6.58 Å². The molecular formula is C6H8F4O2. The lowest BCUT2D eigenvalue weighted by Gasteiger charge is -1.89. The zero-order valence-electron chi connectivity index (χ0n) is 6.07. The quantitative estimate of drug-likeness (QED) is 0.417. The molecule has 0 spiro atoms. The summed E-state index contributed by atoms with van der Waals surface area (Å²) in [6, 6.07) is 0. The molecule has 0 aliphatic carbocycles. The van der Waals surface area contributed by atoms with Crippen LogP contribution in [-0.2, 0) is 4.74 Å². The number of halogens is 4. The van der Waals surface area contributed by atoms with Gasteiger partial charge in [0.2, 0.25) is 0 Å². The summed E-state index contributed by atoms with van der Waals surface area (Å²) >= 11 is 0. The predicted molar refractivity (Wildman–Crippen MR) is 34.7 cm³/mol. The highest BCUT2D eigenvalue weighted by atomic mass is 19.3. The summed E-state index contributed by atoms with van der Waals surface area (Å²) in [7, 11) is 0. The molecule has 0 fully saturated rings. The molecule has 0 saturated heterocycles. The molecule has 0 bridgehead atoms. The molecule has 0 aliphatic rings. The second kappa shape index (κ2) is 9.96. The van der Waals surface area contributed by atoms with Crippen molar-refractivity contribution in [1.29, 1.82) is 0 Å². The van der Waals surface area contributed by atoms with Gasteiger partial charge < -0.3 is 9.84 Å². The minimum atomic E-state index is -2.91. The molecule has 2 nitrogen and oxygen atoms in total. The number of rotatable bonds is 3. The second-order valence-corrected chi connectivity index (χ2v) is 1.28. The molecule has 0 amide bonds. The van der Waals surface area contributed by atoms with Crippen molar-refractivity contribution >= 4 is 0 Å². The first kappa shape index (κ1) is 13.5. The Morgan fingerprint density at radius 3 is 1.75 bits per heavy atom. The molecule has 72 valence electrons. The first-order valence-corrected chi connectivity index (χ1v) is 2.75. The number of hydrogen-bond acceptors (Lipinski definition) is 2. The number of hydrogen-bond donors (Lipinski definition) is 1. The van der Waals surface area contributed by atoms with Crippen LogP contribution in [0.25, 0.3) is 0 Å². The van der Waals surface area contributed by atoms with Crippen molar-refractivity contribution in [2.24, 2.45) is 0 Å². The van der Waals surface area contributed by atoms with Gasteiger partial charge in [0, 0.05) is 0 Å². The van der Waals surface area contributed by atoms with Gasteiger partial charge in [-0.25, -0.2) is 0 Å². The zero-order valence-corrected chi connectivity index (χ0v) is 6.07. The molecule has 0 aliphatic heterocycles. The van der Waals surface area contributed by atoms with E-state index in [-0.39, 0.29) is 6.61 Å². The maximum absolute atomic E-state index is 10.3. The SMILES string of the molecule is C=COCCO.FC(F)=C(F)F. The van der Waals surface area contributed by atoms with E-state index in [9.17, 15) is 17.6 Å². The highest BCUT2D eigenvalue weighted by Crippen LogP contribution is 2.08. The minimum absolute atomic E-state index is 0.0615. The van der Waals surface area contributed by atoms with Crippen LogP contribution in [0.2, 0.25) is 0 Å². The number of ether oxygens (including phenoxy) is 1. The third-order valence-electron chi connectivity index (χ3n) is 0.470. The van der Waals surface area contributed by atoms with Crippen molar-refractivity contribution in [3.8, 4) is 0 Å². The zero-order chi connectivity index (χ0) is 9.98. The van der Waals surface area contributed by atoms with Crippen LogP contribution in [0.4, 0.5) is 17.6 Å². The van der Waals surface area contributed by atoms with Gasteiger partial charge in [-0.15, -0.1) is 0 Å². The summed E-state index contributed by atoms with van der Waals surface area (Å²) in [6.45, 7) is 3.68. The first-order chi connectivity index (χ1) is 5.56. The molecule has 0 radical (unpaired) electrons. The predicted octanol–water partition coefficient (Wildman–Crippen LogP) is 2.13. The smallest absolute Gasteiger partial charge is 0.334 e. The molecule has 0 atom stereocenters. The standard InChI is InChI=1S/C4H8O2.C2F4/c1-2-6-4-3-5;3-1(4)2(5)6/h2,5H,1,3-4H2;. The first-order valence-electron chi connectivity index (χ1n) is 2.75. The van der Waals surface area contributed by atoms with Gasteiger partial charge in [0.05, 0.1) is 12.9 Å². The maximum atomic E-state index is 10.3. The van der Waals surface area contributed by atoms with Gasteiger partial charge in [0.25, 0.3) is 0 Å². The number of aliphatic hydroxyl groups excluding tert-OH is 1.